The highest BCUT2D eigenvalue weighted by Crippen LogP contribution is 2.29. The Bertz CT molecular complexity index is 1030. The third kappa shape index (κ3) is 8.88. The van der Waals surface area contributed by atoms with Crippen molar-refractivity contribution in [2.75, 3.05) is 11.9 Å². The van der Waals surface area contributed by atoms with Gasteiger partial charge in [-0.25, -0.2) is 0 Å². The normalized spacial score (nSPS) is 15.3. The van der Waals surface area contributed by atoms with Crippen LogP contribution in [0.15, 0.2) is 33.2 Å². The highest BCUT2D eigenvalue weighted by molar-refractivity contribution is 9.14. The fourth-order valence-corrected chi connectivity index (χ4v) is 4.69. The molecule has 2 N–H and O–H groups in total. The number of nitrogens with zero attached hydrogens (tertiary/aromatic N) is 1. The zero-order valence-corrected chi connectivity index (χ0v) is 24.9. The van der Waals surface area contributed by atoms with Crippen LogP contribution in [0, 0.1) is 11.8 Å². The van der Waals surface area contributed by atoms with E-state index < -0.39 is 12.0 Å². The van der Waals surface area contributed by atoms with Crippen LogP contribution in [-0.4, -0.2) is 46.9 Å². The van der Waals surface area contributed by atoms with Crippen LogP contribution >= 0.6 is 31.9 Å². The fraction of sp³-hybridized carbons (Fsp3) is 0.519. The van der Waals surface area contributed by atoms with Crippen molar-refractivity contribution in [3.8, 4) is 0 Å². The second-order valence-electron chi connectivity index (χ2n) is 9.60. The molecule has 1 aromatic rings. The molecule has 1 aromatic carbocycles. The van der Waals surface area contributed by atoms with Crippen molar-refractivity contribution < 1.29 is 24.0 Å². The molecule has 4 amide bonds. The number of amides is 4. The van der Waals surface area contributed by atoms with Crippen LogP contribution in [0.5, 0.6) is 0 Å². The average Bonchev–Trinajstić information content (AvgIpc) is 3.04. The number of Topliss-reactive ketones (excluding diaryl/α,β-unsaturated/α-hetero) is 1. The van der Waals surface area contributed by atoms with Crippen LogP contribution in [0.25, 0.3) is 0 Å². The molecule has 1 heterocycles. The van der Waals surface area contributed by atoms with Gasteiger partial charge in [0.2, 0.25) is 11.8 Å². The molecule has 0 unspecified atom stereocenters. The summed E-state index contributed by atoms with van der Waals surface area (Å²) in [5.74, 6) is -2.05. The first-order valence-corrected chi connectivity index (χ1v) is 14.2. The minimum Gasteiger partial charge on any atom is -0.346 e. The lowest BCUT2D eigenvalue weighted by atomic mass is 9.92. The number of unbranched alkanes of at least 4 members (excludes halogenated alkanes) is 2. The topological polar surface area (TPSA) is 113 Å². The molecule has 0 aliphatic carbocycles. The van der Waals surface area contributed by atoms with Gasteiger partial charge in [-0.05, 0) is 74.7 Å². The lowest BCUT2D eigenvalue weighted by molar-refractivity contribution is -0.137. The lowest BCUT2D eigenvalue weighted by Gasteiger charge is -2.23. The summed E-state index contributed by atoms with van der Waals surface area (Å²) in [5.41, 5.74) is 1.86. The molecule has 2 rings (SSSR count). The van der Waals surface area contributed by atoms with E-state index in [0.717, 1.165) is 6.42 Å². The maximum absolute atomic E-state index is 12.9. The number of carbonyl (C=O) groups excluding carboxylic acids is 5. The summed E-state index contributed by atoms with van der Waals surface area (Å²) in [6.07, 6.45) is 2.96. The number of halogens is 2. The molecule has 2 atom stereocenters. The average molecular weight is 641 g/mol. The number of aryl methyl sites for hydroxylation is 1. The third-order valence-corrected chi connectivity index (χ3v) is 8.26. The minimum absolute atomic E-state index is 0.0268. The molecule has 0 radical (unpaired) electrons. The molecule has 37 heavy (non-hydrogen) atoms. The van der Waals surface area contributed by atoms with Gasteiger partial charge in [0.15, 0.2) is 5.78 Å². The van der Waals surface area contributed by atoms with Crippen LogP contribution in [-0.2, 0) is 30.4 Å². The number of anilines is 1. The van der Waals surface area contributed by atoms with Crippen LogP contribution in [0.1, 0.15) is 65.4 Å². The van der Waals surface area contributed by atoms with E-state index in [0.29, 0.717) is 24.9 Å². The molecule has 0 saturated heterocycles. The molecule has 0 saturated carbocycles. The SMILES string of the molecule is CCc1ccc(NC(=O)[C@H](C)CC(=O)[C@@H](NC(=O)CCCCCN2C(=O)C(Br)=C(Br)C2=O)C(C)C)cc1. The first-order valence-electron chi connectivity index (χ1n) is 12.6. The number of hydrogen-bond donors (Lipinski definition) is 2. The zero-order valence-electron chi connectivity index (χ0n) is 21.7. The summed E-state index contributed by atoms with van der Waals surface area (Å²) >= 11 is 6.20. The van der Waals surface area contributed by atoms with E-state index in [2.05, 4.69) is 49.4 Å². The van der Waals surface area contributed by atoms with Gasteiger partial charge in [0, 0.05) is 31.0 Å². The van der Waals surface area contributed by atoms with Gasteiger partial charge in [-0.15, -0.1) is 0 Å². The van der Waals surface area contributed by atoms with Gasteiger partial charge < -0.3 is 10.6 Å². The van der Waals surface area contributed by atoms with Gasteiger partial charge >= 0.3 is 0 Å². The second kappa shape index (κ2) is 14.6. The number of imide groups is 1. The van der Waals surface area contributed by atoms with Crippen molar-refractivity contribution >= 4 is 67.0 Å². The quantitative estimate of drug-likeness (QED) is 0.223. The summed E-state index contributed by atoms with van der Waals surface area (Å²) in [6, 6.07) is 6.93. The highest BCUT2D eigenvalue weighted by atomic mass is 79.9. The Hall–Kier alpha value is -2.33. The standard InChI is InChI=1S/C27H35Br2N3O5/c1-5-18-10-12-19(13-11-18)30-25(35)17(4)15-20(33)24(16(2)3)31-21(34)9-7-6-8-14-32-26(36)22(28)23(29)27(32)37/h10-13,16-17,24H,5-9,14-15H2,1-4H3,(H,30,35)(H,31,34)/t17-,24+/m1/s1. The summed E-state index contributed by atoms with van der Waals surface area (Å²) in [7, 11) is 0. The number of hydrogen-bond acceptors (Lipinski definition) is 5. The molecule has 1 aliphatic heterocycles. The van der Waals surface area contributed by atoms with E-state index in [4.69, 9.17) is 0 Å². The first-order chi connectivity index (χ1) is 17.5. The lowest BCUT2D eigenvalue weighted by Crippen LogP contribution is -2.45. The molecule has 0 bridgehead atoms. The van der Waals surface area contributed by atoms with Crippen molar-refractivity contribution in [3.63, 3.8) is 0 Å². The van der Waals surface area contributed by atoms with E-state index in [9.17, 15) is 24.0 Å². The summed E-state index contributed by atoms with van der Waals surface area (Å²) < 4.78 is 0.442. The van der Waals surface area contributed by atoms with Gasteiger partial charge in [-0.3, -0.25) is 28.9 Å². The molecular weight excluding hydrogens is 606 g/mol. The zero-order chi connectivity index (χ0) is 27.7. The second-order valence-corrected chi connectivity index (χ2v) is 11.2. The molecule has 0 fully saturated rings. The van der Waals surface area contributed by atoms with Gasteiger partial charge in [-0.2, -0.15) is 0 Å². The molecule has 0 aromatic heterocycles. The predicted molar refractivity (Wildman–Crippen MR) is 150 cm³/mol. The molecule has 0 spiro atoms. The minimum atomic E-state index is -0.674. The fourth-order valence-electron chi connectivity index (χ4n) is 3.93. The monoisotopic (exact) mass is 639 g/mol. The Balaban J connectivity index is 1.76. The van der Waals surface area contributed by atoms with Gasteiger partial charge in [-0.1, -0.05) is 46.2 Å². The molecule has 202 valence electrons. The van der Waals surface area contributed by atoms with E-state index in [1.54, 1.807) is 6.92 Å². The maximum atomic E-state index is 12.9. The largest absolute Gasteiger partial charge is 0.346 e. The Morgan fingerprint density at radius 1 is 0.919 bits per heavy atom. The van der Waals surface area contributed by atoms with E-state index in [1.165, 1.54) is 10.5 Å². The van der Waals surface area contributed by atoms with E-state index >= 15 is 0 Å². The smallest absolute Gasteiger partial charge is 0.269 e. The molecule has 1 aliphatic rings. The number of carbonyl (C=O) groups is 5. The number of rotatable bonds is 14. The van der Waals surface area contributed by atoms with E-state index in [1.807, 2.05) is 38.1 Å². The number of ketones is 1. The Labute approximate surface area is 235 Å². The molecular formula is C27H35Br2N3O5. The highest BCUT2D eigenvalue weighted by Gasteiger charge is 2.35. The van der Waals surface area contributed by atoms with Crippen molar-refractivity contribution in [3.05, 3.63) is 38.8 Å². The van der Waals surface area contributed by atoms with Crippen LogP contribution in [0.3, 0.4) is 0 Å². The third-order valence-electron chi connectivity index (χ3n) is 6.26. The van der Waals surface area contributed by atoms with Crippen molar-refractivity contribution in [1.29, 1.82) is 0 Å². The van der Waals surface area contributed by atoms with Crippen LogP contribution < -0.4 is 10.6 Å². The van der Waals surface area contributed by atoms with Crippen molar-refractivity contribution in [1.82, 2.24) is 10.2 Å². The van der Waals surface area contributed by atoms with Gasteiger partial charge in [0.1, 0.15) is 8.96 Å². The molecule has 8 nitrogen and oxygen atoms in total. The van der Waals surface area contributed by atoms with Crippen molar-refractivity contribution in [2.45, 2.75) is 72.3 Å². The van der Waals surface area contributed by atoms with Gasteiger partial charge in [0.05, 0.1) is 6.04 Å². The van der Waals surface area contributed by atoms with Crippen molar-refractivity contribution in [2.24, 2.45) is 11.8 Å². The molecule has 10 heteroatoms. The Kier molecular flexibility index (Phi) is 12.2. The van der Waals surface area contributed by atoms with Crippen LogP contribution in [0.2, 0.25) is 0 Å². The maximum Gasteiger partial charge on any atom is 0.269 e. The number of nitrogens with one attached hydrogen (secondary N) is 2. The predicted octanol–water partition coefficient (Wildman–Crippen LogP) is 4.85. The summed E-state index contributed by atoms with van der Waals surface area (Å²) in [4.78, 5) is 63.3. The van der Waals surface area contributed by atoms with Crippen LogP contribution in [0.4, 0.5) is 5.69 Å². The number of benzene rings is 1. The van der Waals surface area contributed by atoms with E-state index in [-0.39, 0.29) is 63.7 Å². The summed E-state index contributed by atoms with van der Waals surface area (Å²) in [6.45, 7) is 7.76. The first kappa shape index (κ1) is 30.9. The van der Waals surface area contributed by atoms with Gasteiger partial charge in [0.25, 0.3) is 11.8 Å². The Morgan fingerprint density at radius 3 is 2.05 bits per heavy atom. The summed E-state index contributed by atoms with van der Waals surface area (Å²) in [5, 5.41) is 5.67. The Morgan fingerprint density at radius 2 is 1.51 bits per heavy atom.